The third-order valence-corrected chi connectivity index (χ3v) is 3.94. The van der Waals surface area contributed by atoms with Crippen molar-refractivity contribution < 1.29 is 9.53 Å². The van der Waals surface area contributed by atoms with Crippen LogP contribution in [0, 0.1) is 11.3 Å². The third kappa shape index (κ3) is 2.71. The Morgan fingerprint density at radius 1 is 1.40 bits per heavy atom. The molecule has 1 aliphatic carbocycles. The van der Waals surface area contributed by atoms with Crippen molar-refractivity contribution in [1.29, 1.82) is 0 Å². The summed E-state index contributed by atoms with van der Waals surface area (Å²) in [5, 5.41) is 3.41. The Morgan fingerprint density at radius 2 is 2.07 bits per heavy atom. The Balaban J connectivity index is 1.62. The highest BCUT2D eigenvalue weighted by molar-refractivity contribution is 5.65. The summed E-state index contributed by atoms with van der Waals surface area (Å²) in [5.41, 5.74) is 0.659. The predicted octanol–water partition coefficient (Wildman–Crippen LogP) is 1.72. The van der Waals surface area contributed by atoms with E-state index in [1.54, 1.807) is 0 Å². The zero-order valence-electron chi connectivity index (χ0n) is 9.55. The Labute approximate surface area is 91.6 Å². The first-order valence-electron chi connectivity index (χ1n) is 6.04. The number of esters is 1. The smallest absolute Gasteiger partial charge is 0.302 e. The lowest BCUT2D eigenvalue weighted by Gasteiger charge is -2.50. The van der Waals surface area contributed by atoms with Gasteiger partial charge in [-0.1, -0.05) is 0 Å². The van der Waals surface area contributed by atoms with Gasteiger partial charge in [0, 0.05) is 6.92 Å². The Hall–Kier alpha value is -0.570. The number of nitrogens with one attached hydrogen (secondary N) is 1. The molecule has 1 N–H and O–H groups in total. The first-order chi connectivity index (χ1) is 7.20. The Morgan fingerprint density at radius 3 is 2.67 bits per heavy atom. The van der Waals surface area contributed by atoms with Crippen molar-refractivity contribution in [3.63, 3.8) is 0 Å². The molecule has 3 heteroatoms. The molecule has 2 aliphatic rings. The highest BCUT2D eigenvalue weighted by Gasteiger charge is 2.43. The summed E-state index contributed by atoms with van der Waals surface area (Å²) in [6.07, 6.45) is 6.47. The number of carbonyl (C=O) groups excluding carboxylic acids is 1. The van der Waals surface area contributed by atoms with Crippen LogP contribution in [0.15, 0.2) is 0 Å². The van der Waals surface area contributed by atoms with E-state index in [-0.39, 0.29) is 5.97 Å². The third-order valence-electron chi connectivity index (χ3n) is 3.94. The van der Waals surface area contributed by atoms with E-state index in [1.807, 2.05) is 0 Å². The summed E-state index contributed by atoms with van der Waals surface area (Å²) in [6, 6.07) is 0. The lowest BCUT2D eigenvalue weighted by atomic mass is 9.57. The minimum absolute atomic E-state index is 0.147. The lowest BCUT2D eigenvalue weighted by molar-refractivity contribution is -0.141. The fraction of sp³-hybridized carbons (Fsp3) is 0.917. The molecule has 2 fully saturated rings. The zero-order chi connectivity index (χ0) is 10.7. The first-order valence-corrected chi connectivity index (χ1v) is 6.04. The van der Waals surface area contributed by atoms with Crippen LogP contribution in [0.3, 0.4) is 0 Å². The van der Waals surface area contributed by atoms with E-state index in [2.05, 4.69) is 5.32 Å². The van der Waals surface area contributed by atoms with Crippen LogP contribution in [0.1, 0.15) is 39.0 Å². The van der Waals surface area contributed by atoms with E-state index < -0.39 is 0 Å². The SMILES string of the molecule is CC(=O)OCCC1CC2(CCNCC2)C1. The van der Waals surface area contributed by atoms with E-state index in [4.69, 9.17) is 4.74 Å². The van der Waals surface area contributed by atoms with E-state index in [9.17, 15) is 4.79 Å². The van der Waals surface area contributed by atoms with Crippen molar-refractivity contribution in [2.45, 2.75) is 39.0 Å². The normalized spacial score (nSPS) is 24.9. The van der Waals surface area contributed by atoms with Crippen LogP contribution in [0.2, 0.25) is 0 Å². The highest BCUT2D eigenvalue weighted by atomic mass is 16.5. The quantitative estimate of drug-likeness (QED) is 0.722. The molecule has 1 heterocycles. The van der Waals surface area contributed by atoms with Gasteiger partial charge in [0.25, 0.3) is 0 Å². The largest absolute Gasteiger partial charge is 0.466 e. The van der Waals surface area contributed by atoms with Gasteiger partial charge in [-0.3, -0.25) is 4.79 Å². The van der Waals surface area contributed by atoms with Crippen LogP contribution >= 0.6 is 0 Å². The van der Waals surface area contributed by atoms with E-state index in [1.165, 1.54) is 45.7 Å². The second-order valence-corrected chi connectivity index (χ2v) is 5.15. The van der Waals surface area contributed by atoms with Gasteiger partial charge in [0.05, 0.1) is 6.61 Å². The predicted molar refractivity (Wildman–Crippen MR) is 58.5 cm³/mol. The van der Waals surface area contributed by atoms with Crippen molar-refractivity contribution >= 4 is 5.97 Å². The van der Waals surface area contributed by atoms with Crippen molar-refractivity contribution in [2.24, 2.45) is 11.3 Å². The van der Waals surface area contributed by atoms with Gasteiger partial charge in [-0.05, 0) is 56.5 Å². The monoisotopic (exact) mass is 211 g/mol. The van der Waals surface area contributed by atoms with Crippen LogP contribution in [0.25, 0.3) is 0 Å². The fourth-order valence-corrected chi connectivity index (χ4v) is 3.10. The number of piperidine rings is 1. The van der Waals surface area contributed by atoms with E-state index in [0.717, 1.165) is 12.3 Å². The molecule has 1 aliphatic heterocycles. The summed E-state index contributed by atoms with van der Waals surface area (Å²) in [7, 11) is 0. The molecule has 86 valence electrons. The number of hydrogen-bond donors (Lipinski definition) is 1. The van der Waals surface area contributed by atoms with Crippen LogP contribution in [0.5, 0.6) is 0 Å². The molecular formula is C12H21NO2. The van der Waals surface area contributed by atoms with Gasteiger partial charge in [0.15, 0.2) is 0 Å². The second-order valence-electron chi connectivity index (χ2n) is 5.15. The Bertz CT molecular complexity index is 226. The first kappa shape index (κ1) is 10.9. The molecule has 3 nitrogen and oxygen atoms in total. The van der Waals surface area contributed by atoms with Gasteiger partial charge in [0.2, 0.25) is 0 Å². The molecule has 0 radical (unpaired) electrons. The number of hydrogen-bond acceptors (Lipinski definition) is 3. The maximum atomic E-state index is 10.6. The summed E-state index contributed by atoms with van der Waals surface area (Å²) >= 11 is 0. The lowest BCUT2D eigenvalue weighted by Crippen LogP contribution is -2.45. The van der Waals surface area contributed by atoms with Gasteiger partial charge in [-0.15, -0.1) is 0 Å². The summed E-state index contributed by atoms with van der Waals surface area (Å²) < 4.78 is 4.97. The molecule has 1 saturated heterocycles. The van der Waals surface area contributed by atoms with Gasteiger partial charge in [0.1, 0.15) is 0 Å². The van der Waals surface area contributed by atoms with Gasteiger partial charge in [-0.25, -0.2) is 0 Å². The molecule has 1 saturated carbocycles. The van der Waals surface area contributed by atoms with E-state index >= 15 is 0 Å². The van der Waals surface area contributed by atoms with Crippen LogP contribution in [0.4, 0.5) is 0 Å². The number of carbonyl (C=O) groups is 1. The molecule has 1 spiro atoms. The Kier molecular flexibility index (Phi) is 3.29. The molecule has 0 bridgehead atoms. The summed E-state index contributed by atoms with van der Waals surface area (Å²) in [5.74, 6) is 0.661. The van der Waals surface area contributed by atoms with Crippen molar-refractivity contribution in [1.82, 2.24) is 5.32 Å². The van der Waals surface area contributed by atoms with Crippen molar-refractivity contribution in [2.75, 3.05) is 19.7 Å². The van der Waals surface area contributed by atoms with Gasteiger partial charge < -0.3 is 10.1 Å². The molecule has 0 aromatic carbocycles. The van der Waals surface area contributed by atoms with Crippen LogP contribution in [-0.4, -0.2) is 25.7 Å². The topological polar surface area (TPSA) is 38.3 Å². The molecule has 0 aromatic rings. The number of ether oxygens (including phenoxy) is 1. The summed E-state index contributed by atoms with van der Waals surface area (Å²) in [4.78, 5) is 10.6. The molecule has 0 unspecified atom stereocenters. The fourth-order valence-electron chi connectivity index (χ4n) is 3.10. The summed E-state index contributed by atoms with van der Waals surface area (Å²) in [6.45, 7) is 4.48. The average molecular weight is 211 g/mol. The average Bonchev–Trinajstić information content (AvgIpc) is 2.16. The minimum Gasteiger partial charge on any atom is -0.466 e. The van der Waals surface area contributed by atoms with Gasteiger partial charge in [-0.2, -0.15) is 0 Å². The molecule has 2 rings (SSSR count). The van der Waals surface area contributed by atoms with Crippen LogP contribution in [-0.2, 0) is 9.53 Å². The zero-order valence-corrected chi connectivity index (χ0v) is 9.55. The molecule has 0 aromatic heterocycles. The highest BCUT2D eigenvalue weighted by Crippen LogP contribution is 2.52. The maximum absolute atomic E-state index is 10.6. The molecule has 0 amide bonds. The molecule has 0 atom stereocenters. The van der Waals surface area contributed by atoms with Gasteiger partial charge >= 0.3 is 5.97 Å². The van der Waals surface area contributed by atoms with Crippen LogP contribution < -0.4 is 5.32 Å². The minimum atomic E-state index is -0.147. The van der Waals surface area contributed by atoms with Crippen molar-refractivity contribution in [3.8, 4) is 0 Å². The molecule has 15 heavy (non-hydrogen) atoms. The standard InChI is InChI=1S/C12H21NO2/c1-10(14)15-7-2-11-8-12(9-11)3-5-13-6-4-12/h11,13H,2-9H2,1H3. The second kappa shape index (κ2) is 4.52. The van der Waals surface area contributed by atoms with E-state index in [0.29, 0.717) is 12.0 Å². The number of rotatable bonds is 3. The molecular weight excluding hydrogens is 190 g/mol. The van der Waals surface area contributed by atoms with Crippen molar-refractivity contribution in [3.05, 3.63) is 0 Å². The maximum Gasteiger partial charge on any atom is 0.302 e.